The van der Waals surface area contributed by atoms with Crippen molar-refractivity contribution < 1.29 is 9.53 Å². The number of nitrogens with one attached hydrogen (secondary N) is 1. The number of nitrogens with zero attached hydrogens (tertiary/aromatic N) is 3. The van der Waals surface area contributed by atoms with Crippen molar-refractivity contribution >= 4 is 22.0 Å². The van der Waals surface area contributed by atoms with Crippen LogP contribution in [0.4, 0.5) is 4.79 Å². The van der Waals surface area contributed by atoms with Crippen LogP contribution in [0.2, 0.25) is 0 Å². The third kappa shape index (κ3) is 4.33. The van der Waals surface area contributed by atoms with Crippen LogP contribution in [-0.4, -0.2) is 46.1 Å². The van der Waals surface area contributed by atoms with Gasteiger partial charge >= 0.3 is 12.0 Å². The van der Waals surface area contributed by atoms with Crippen molar-refractivity contribution in [2.75, 3.05) is 13.1 Å². The van der Waals surface area contributed by atoms with Gasteiger partial charge in [-0.25, -0.2) is 14.8 Å². The third-order valence-corrected chi connectivity index (χ3v) is 3.36. The Morgan fingerprint density at radius 1 is 1.50 bits per heavy atom. The van der Waals surface area contributed by atoms with E-state index in [0.717, 1.165) is 23.9 Å². The molecule has 1 saturated heterocycles. The van der Waals surface area contributed by atoms with E-state index in [1.807, 2.05) is 13.8 Å². The summed E-state index contributed by atoms with van der Waals surface area (Å²) in [6.07, 6.45) is 5.07. The van der Waals surface area contributed by atoms with Gasteiger partial charge < -0.3 is 15.0 Å². The van der Waals surface area contributed by atoms with E-state index < -0.39 is 0 Å². The van der Waals surface area contributed by atoms with Crippen molar-refractivity contribution in [1.29, 1.82) is 0 Å². The van der Waals surface area contributed by atoms with Gasteiger partial charge in [-0.3, -0.25) is 0 Å². The van der Waals surface area contributed by atoms with E-state index in [1.165, 1.54) is 0 Å². The number of carbonyl (C=O) groups is 1. The average Bonchev–Trinajstić information content (AvgIpc) is 2.41. The zero-order valence-corrected chi connectivity index (χ0v) is 13.3. The molecule has 0 aliphatic carbocycles. The largest absolute Gasteiger partial charge is 0.458 e. The number of halogens is 1. The number of likely N-dealkylation sites (tertiary alicyclic amines) is 1. The highest BCUT2D eigenvalue weighted by Crippen LogP contribution is 2.16. The fourth-order valence-corrected chi connectivity index (χ4v) is 2.27. The molecule has 110 valence electrons. The van der Waals surface area contributed by atoms with Crippen molar-refractivity contribution in [3.05, 3.63) is 16.9 Å². The zero-order chi connectivity index (χ0) is 14.5. The van der Waals surface area contributed by atoms with E-state index in [2.05, 4.69) is 31.2 Å². The Morgan fingerprint density at radius 3 is 2.85 bits per heavy atom. The quantitative estimate of drug-likeness (QED) is 0.914. The first-order chi connectivity index (χ1) is 9.54. The van der Waals surface area contributed by atoms with Crippen LogP contribution >= 0.6 is 15.9 Å². The van der Waals surface area contributed by atoms with Crippen molar-refractivity contribution in [3.63, 3.8) is 0 Å². The molecule has 2 rings (SSSR count). The molecule has 1 N–H and O–H groups in total. The van der Waals surface area contributed by atoms with Crippen LogP contribution in [0.1, 0.15) is 26.7 Å². The summed E-state index contributed by atoms with van der Waals surface area (Å²) in [6, 6.07) is 0.452. The molecule has 0 saturated carbocycles. The molecule has 20 heavy (non-hydrogen) atoms. The predicted molar refractivity (Wildman–Crippen MR) is 78.6 cm³/mol. The summed E-state index contributed by atoms with van der Waals surface area (Å²) >= 11 is 3.28. The highest BCUT2D eigenvalue weighted by Gasteiger charge is 2.25. The Balaban J connectivity index is 1.90. The first-order valence-corrected chi connectivity index (χ1v) is 7.53. The maximum Gasteiger partial charge on any atom is 0.317 e. The summed E-state index contributed by atoms with van der Waals surface area (Å²) in [5, 5.41) is 2.90. The minimum absolute atomic E-state index is 0.0370. The van der Waals surface area contributed by atoms with Crippen molar-refractivity contribution in [1.82, 2.24) is 20.2 Å². The van der Waals surface area contributed by atoms with E-state index in [1.54, 1.807) is 17.3 Å². The molecular formula is C13H19BrN4O2. The summed E-state index contributed by atoms with van der Waals surface area (Å²) in [6.45, 7) is 5.23. The number of ether oxygens (including phenoxy) is 1. The molecule has 2 amide bonds. The first kappa shape index (κ1) is 15.0. The average molecular weight is 343 g/mol. The van der Waals surface area contributed by atoms with Gasteiger partial charge in [0.25, 0.3) is 0 Å². The molecule has 1 aliphatic rings. The second kappa shape index (κ2) is 6.88. The molecule has 1 atom stereocenters. The molecule has 1 unspecified atom stereocenters. The lowest BCUT2D eigenvalue weighted by atomic mass is 10.1. The van der Waals surface area contributed by atoms with Gasteiger partial charge in [0.15, 0.2) is 0 Å². The number of aromatic nitrogens is 2. The van der Waals surface area contributed by atoms with Crippen LogP contribution in [0.25, 0.3) is 0 Å². The van der Waals surface area contributed by atoms with Gasteiger partial charge in [-0.05, 0) is 42.6 Å². The van der Waals surface area contributed by atoms with Gasteiger partial charge in [0.1, 0.15) is 6.10 Å². The van der Waals surface area contributed by atoms with Gasteiger partial charge in [-0.2, -0.15) is 0 Å². The van der Waals surface area contributed by atoms with Crippen molar-refractivity contribution in [2.45, 2.75) is 38.8 Å². The monoisotopic (exact) mass is 342 g/mol. The van der Waals surface area contributed by atoms with Crippen LogP contribution in [0.15, 0.2) is 16.9 Å². The normalized spacial score (nSPS) is 19.0. The van der Waals surface area contributed by atoms with Gasteiger partial charge in [-0.15, -0.1) is 0 Å². The molecule has 0 radical (unpaired) electrons. The highest BCUT2D eigenvalue weighted by molar-refractivity contribution is 9.10. The minimum atomic E-state index is -0.0529. The number of piperidine rings is 1. The Labute approximate surface area is 127 Å². The Hall–Kier alpha value is -1.37. The van der Waals surface area contributed by atoms with Gasteiger partial charge in [0, 0.05) is 25.0 Å². The second-order valence-corrected chi connectivity index (χ2v) is 6.03. The first-order valence-electron chi connectivity index (χ1n) is 6.74. The molecule has 7 heteroatoms. The minimum Gasteiger partial charge on any atom is -0.458 e. The van der Waals surface area contributed by atoms with Gasteiger partial charge in [0.2, 0.25) is 0 Å². The van der Waals surface area contributed by atoms with E-state index >= 15 is 0 Å². The second-order valence-electron chi connectivity index (χ2n) is 5.12. The lowest BCUT2D eigenvalue weighted by Crippen LogP contribution is -2.50. The van der Waals surface area contributed by atoms with E-state index in [9.17, 15) is 4.79 Å². The Morgan fingerprint density at radius 2 is 2.20 bits per heavy atom. The lowest BCUT2D eigenvalue weighted by molar-refractivity contribution is 0.0932. The lowest BCUT2D eigenvalue weighted by Gasteiger charge is -2.32. The fourth-order valence-electron chi connectivity index (χ4n) is 2.07. The topological polar surface area (TPSA) is 67.4 Å². The molecule has 1 aliphatic heterocycles. The predicted octanol–water partition coefficient (Wildman–Crippen LogP) is 2.20. The zero-order valence-electron chi connectivity index (χ0n) is 11.7. The van der Waals surface area contributed by atoms with Crippen molar-refractivity contribution in [2.24, 2.45) is 0 Å². The molecule has 1 aromatic rings. The number of hydrogen-bond acceptors (Lipinski definition) is 4. The van der Waals surface area contributed by atoms with E-state index in [-0.39, 0.29) is 18.2 Å². The number of hydrogen-bond donors (Lipinski definition) is 1. The number of carbonyl (C=O) groups excluding carboxylic acids is 1. The maximum atomic E-state index is 12.0. The van der Waals surface area contributed by atoms with Crippen LogP contribution < -0.4 is 10.1 Å². The molecule has 1 fully saturated rings. The van der Waals surface area contributed by atoms with Crippen LogP contribution in [0, 0.1) is 0 Å². The maximum absolute atomic E-state index is 12.0. The molecule has 0 aromatic carbocycles. The summed E-state index contributed by atoms with van der Waals surface area (Å²) in [7, 11) is 0. The van der Waals surface area contributed by atoms with Gasteiger partial charge in [-0.1, -0.05) is 0 Å². The fraction of sp³-hybridized carbons (Fsp3) is 0.615. The Kier molecular flexibility index (Phi) is 5.17. The third-order valence-electron chi connectivity index (χ3n) is 2.95. The highest BCUT2D eigenvalue weighted by atomic mass is 79.9. The number of urea groups is 1. The molecular weight excluding hydrogens is 324 g/mol. The molecule has 0 bridgehead atoms. The van der Waals surface area contributed by atoms with Crippen LogP contribution in [0.3, 0.4) is 0 Å². The standard InChI is InChI=1S/C13H19BrN4O2/c1-9(2)17-13(19)18-5-3-4-11(8-18)20-12-15-6-10(14)7-16-12/h6-7,9,11H,3-5,8H2,1-2H3,(H,17,19). The van der Waals surface area contributed by atoms with Crippen LogP contribution in [0.5, 0.6) is 6.01 Å². The van der Waals surface area contributed by atoms with Gasteiger partial charge in [0.05, 0.1) is 11.0 Å². The molecule has 2 heterocycles. The Bertz CT molecular complexity index is 452. The molecule has 6 nitrogen and oxygen atoms in total. The van der Waals surface area contributed by atoms with Crippen molar-refractivity contribution in [3.8, 4) is 6.01 Å². The SMILES string of the molecule is CC(C)NC(=O)N1CCCC(Oc2ncc(Br)cn2)C1. The van der Waals surface area contributed by atoms with E-state index in [0.29, 0.717) is 12.6 Å². The summed E-state index contributed by atoms with van der Waals surface area (Å²) in [5.74, 6) is 0. The summed E-state index contributed by atoms with van der Waals surface area (Å²) < 4.78 is 6.54. The molecule has 1 aromatic heterocycles. The number of rotatable bonds is 3. The summed E-state index contributed by atoms with van der Waals surface area (Å²) in [5.41, 5.74) is 0. The molecule has 0 spiro atoms. The number of amides is 2. The van der Waals surface area contributed by atoms with E-state index in [4.69, 9.17) is 4.74 Å². The van der Waals surface area contributed by atoms with Crippen LogP contribution in [-0.2, 0) is 0 Å². The smallest absolute Gasteiger partial charge is 0.317 e. The summed E-state index contributed by atoms with van der Waals surface area (Å²) in [4.78, 5) is 21.9.